The topological polar surface area (TPSA) is 57.6 Å². The fourth-order valence-corrected chi connectivity index (χ4v) is 4.29. The highest BCUT2D eigenvalue weighted by Crippen LogP contribution is 2.21. The molecule has 1 heterocycles. The molecule has 5 heteroatoms. The monoisotopic (exact) mass is 263 g/mol. The summed E-state index contributed by atoms with van der Waals surface area (Å²) in [5.41, 5.74) is 0. The summed E-state index contributed by atoms with van der Waals surface area (Å²) in [6.45, 7) is 7.14. The number of aliphatic hydroxyl groups excluding tert-OH is 1. The van der Waals surface area contributed by atoms with Gasteiger partial charge in [-0.15, -0.1) is 0 Å². The van der Waals surface area contributed by atoms with Gasteiger partial charge in [-0.1, -0.05) is 19.8 Å². The summed E-state index contributed by atoms with van der Waals surface area (Å²) < 4.78 is 23.0. The molecule has 0 radical (unpaired) electrons. The van der Waals surface area contributed by atoms with Crippen LogP contribution >= 0.6 is 0 Å². The summed E-state index contributed by atoms with van der Waals surface area (Å²) in [6, 6.07) is 0.0664. The summed E-state index contributed by atoms with van der Waals surface area (Å²) in [4.78, 5) is 2.14. The van der Waals surface area contributed by atoms with Crippen LogP contribution in [0.15, 0.2) is 0 Å². The molecule has 1 N–H and O–H groups in total. The predicted octanol–water partition coefficient (Wildman–Crippen LogP) is 1.04. The molecule has 0 aromatic carbocycles. The molecule has 0 aromatic heterocycles. The second-order valence-electron chi connectivity index (χ2n) is 5.25. The SMILES string of the molecule is CCCCCN(C(C)C)C1CS(=O)(=O)CC1O. The zero-order chi connectivity index (χ0) is 13.1. The number of hydrogen-bond acceptors (Lipinski definition) is 4. The summed E-state index contributed by atoms with van der Waals surface area (Å²) in [5.74, 6) is 0.0349. The van der Waals surface area contributed by atoms with E-state index in [-0.39, 0.29) is 23.6 Å². The minimum Gasteiger partial charge on any atom is -0.390 e. The molecule has 0 saturated carbocycles. The smallest absolute Gasteiger partial charge is 0.154 e. The second kappa shape index (κ2) is 6.16. The number of sulfone groups is 1. The summed E-state index contributed by atoms with van der Waals surface area (Å²) >= 11 is 0. The molecule has 1 rings (SSSR count). The Balaban J connectivity index is 2.64. The third kappa shape index (κ3) is 4.23. The molecule has 4 nitrogen and oxygen atoms in total. The van der Waals surface area contributed by atoms with Crippen LogP contribution in [0.25, 0.3) is 0 Å². The van der Waals surface area contributed by atoms with Gasteiger partial charge in [-0.2, -0.15) is 0 Å². The summed E-state index contributed by atoms with van der Waals surface area (Å²) in [6.07, 6.45) is 2.65. The van der Waals surface area contributed by atoms with Gasteiger partial charge in [-0.25, -0.2) is 8.42 Å². The Morgan fingerprint density at radius 3 is 2.35 bits per heavy atom. The summed E-state index contributed by atoms with van der Waals surface area (Å²) in [5, 5.41) is 9.88. The van der Waals surface area contributed by atoms with E-state index in [0.717, 1.165) is 25.8 Å². The lowest BCUT2D eigenvalue weighted by atomic mass is 10.1. The highest BCUT2D eigenvalue weighted by Gasteiger charge is 2.40. The highest BCUT2D eigenvalue weighted by atomic mass is 32.2. The quantitative estimate of drug-likeness (QED) is 0.728. The third-order valence-corrected chi connectivity index (χ3v) is 5.10. The van der Waals surface area contributed by atoms with Crippen LogP contribution < -0.4 is 0 Å². The standard InChI is InChI=1S/C12H25NO3S/c1-4-5-6-7-13(10(2)3)11-8-17(15,16)9-12(11)14/h10-12,14H,4-9H2,1-3H3. The maximum Gasteiger partial charge on any atom is 0.154 e. The first kappa shape index (κ1) is 14.9. The van der Waals surface area contributed by atoms with Gasteiger partial charge in [0.05, 0.1) is 23.7 Å². The Morgan fingerprint density at radius 1 is 1.29 bits per heavy atom. The van der Waals surface area contributed by atoms with E-state index in [1.54, 1.807) is 0 Å². The van der Waals surface area contributed by atoms with E-state index in [4.69, 9.17) is 0 Å². The van der Waals surface area contributed by atoms with E-state index in [1.807, 2.05) is 0 Å². The van der Waals surface area contributed by atoms with Crippen molar-refractivity contribution in [3.05, 3.63) is 0 Å². The van der Waals surface area contributed by atoms with Gasteiger partial charge in [0, 0.05) is 6.04 Å². The van der Waals surface area contributed by atoms with Crippen molar-refractivity contribution in [3.8, 4) is 0 Å². The third-order valence-electron chi connectivity index (χ3n) is 3.40. The first-order chi connectivity index (χ1) is 7.87. The average Bonchev–Trinajstić information content (AvgIpc) is 2.46. The minimum absolute atomic E-state index is 0.0747. The van der Waals surface area contributed by atoms with Crippen molar-refractivity contribution in [1.82, 2.24) is 4.90 Å². The Bertz CT molecular complexity index is 327. The van der Waals surface area contributed by atoms with Gasteiger partial charge in [0.2, 0.25) is 0 Å². The maximum atomic E-state index is 11.5. The van der Waals surface area contributed by atoms with E-state index in [9.17, 15) is 13.5 Å². The highest BCUT2D eigenvalue weighted by molar-refractivity contribution is 7.91. The molecule has 0 amide bonds. The fraction of sp³-hybridized carbons (Fsp3) is 1.00. The molecule has 17 heavy (non-hydrogen) atoms. The Kier molecular flexibility index (Phi) is 5.41. The molecule has 0 aliphatic carbocycles. The van der Waals surface area contributed by atoms with E-state index in [2.05, 4.69) is 25.7 Å². The normalized spacial score (nSPS) is 28.1. The largest absolute Gasteiger partial charge is 0.390 e. The van der Waals surface area contributed by atoms with Crippen LogP contribution in [0.1, 0.15) is 40.0 Å². The molecule has 102 valence electrons. The van der Waals surface area contributed by atoms with Gasteiger partial charge in [0.15, 0.2) is 9.84 Å². The lowest BCUT2D eigenvalue weighted by molar-refractivity contribution is 0.0620. The zero-order valence-corrected chi connectivity index (χ0v) is 11.9. The molecular formula is C12H25NO3S. The zero-order valence-electron chi connectivity index (χ0n) is 11.1. The van der Waals surface area contributed by atoms with E-state index >= 15 is 0 Å². The molecule has 1 aliphatic rings. The van der Waals surface area contributed by atoms with Crippen molar-refractivity contribution in [2.75, 3.05) is 18.1 Å². The van der Waals surface area contributed by atoms with Gasteiger partial charge < -0.3 is 5.11 Å². The van der Waals surface area contributed by atoms with Crippen LogP contribution in [0, 0.1) is 0 Å². The van der Waals surface area contributed by atoms with Crippen molar-refractivity contribution in [1.29, 1.82) is 0 Å². The molecule has 2 atom stereocenters. The first-order valence-electron chi connectivity index (χ1n) is 6.51. The van der Waals surface area contributed by atoms with Gasteiger partial charge >= 0.3 is 0 Å². The van der Waals surface area contributed by atoms with E-state index in [0.29, 0.717) is 0 Å². The van der Waals surface area contributed by atoms with Crippen molar-refractivity contribution in [3.63, 3.8) is 0 Å². The lowest BCUT2D eigenvalue weighted by Gasteiger charge is -2.33. The van der Waals surface area contributed by atoms with Crippen LogP contribution in [0.4, 0.5) is 0 Å². The van der Waals surface area contributed by atoms with Crippen LogP contribution in [-0.2, 0) is 9.84 Å². The molecule has 1 aliphatic heterocycles. The Labute approximate surface area is 105 Å². The van der Waals surface area contributed by atoms with Crippen molar-refractivity contribution < 1.29 is 13.5 Å². The number of unbranched alkanes of at least 4 members (excludes halogenated alkanes) is 2. The summed E-state index contributed by atoms with van der Waals surface area (Å²) in [7, 11) is -3.05. The molecule has 2 unspecified atom stereocenters. The maximum absolute atomic E-state index is 11.5. The Morgan fingerprint density at radius 2 is 1.94 bits per heavy atom. The van der Waals surface area contributed by atoms with Gasteiger partial charge in [0.25, 0.3) is 0 Å². The minimum atomic E-state index is -3.05. The first-order valence-corrected chi connectivity index (χ1v) is 8.33. The van der Waals surface area contributed by atoms with E-state index < -0.39 is 15.9 Å². The van der Waals surface area contributed by atoms with Gasteiger partial charge in [-0.05, 0) is 26.8 Å². The molecular weight excluding hydrogens is 238 g/mol. The van der Waals surface area contributed by atoms with Crippen LogP contribution in [0.3, 0.4) is 0 Å². The van der Waals surface area contributed by atoms with Crippen molar-refractivity contribution >= 4 is 9.84 Å². The van der Waals surface area contributed by atoms with Gasteiger partial charge in [0.1, 0.15) is 0 Å². The fourth-order valence-electron chi connectivity index (χ4n) is 2.48. The molecule has 0 bridgehead atoms. The number of rotatable bonds is 6. The number of aliphatic hydroxyl groups is 1. The second-order valence-corrected chi connectivity index (χ2v) is 7.40. The average molecular weight is 263 g/mol. The van der Waals surface area contributed by atoms with Crippen LogP contribution in [0.2, 0.25) is 0 Å². The lowest BCUT2D eigenvalue weighted by Crippen LogP contribution is -2.47. The molecule has 1 saturated heterocycles. The number of nitrogens with zero attached hydrogens (tertiary/aromatic N) is 1. The van der Waals surface area contributed by atoms with E-state index in [1.165, 1.54) is 0 Å². The predicted molar refractivity (Wildman–Crippen MR) is 69.8 cm³/mol. The van der Waals surface area contributed by atoms with Crippen molar-refractivity contribution in [2.45, 2.75) is 58.2 Å². The van der Waals surface area contributed by atoms with Crippen LogP contribution in [0.5, 0.6) is 0 Å². The van der Waals surface area contributed by atoms with Crippen LogP contribution in [-0.4, -0.2) is 54.7 Å². The number of hydrogen-bond donors (Lipinski definition) is 1. The molecule has 1 fully saturated rings. The molecule has 0 aromatic rings. The molecule has 0 spiro atoms. The van der Waals surface area contributed by atoms with Crippen molar-refractivity contribution in [2.24, 2.45) is 0 Å². The Hall–Kier alpha value is -0.130. The van der Waals surface area contributed by atoms with Gasteiger partial charge in [-0.3, -0.25) is 4.90 Å².